The molecule has 3 nitrogen and oxygen atoms in total. The lowest BCUT2D eigenvalue weighted by Gasteiger charge is -2.11. The number of methoxy groups -OCH3 is 2. The van der Waals surface area contributed by atoms with Crippen molar-refractivity contribution >= 4 is 15.9 Å². The van der Waals surface area contributed by atoms with Gasteiger partial charge in [-0.15, -0.1) is 0 Å². The topological polar surface area (TPSA) is 42.2 Å². The van der Waals surface area contributed by atoms with E-state index in [1.807, 2.05) is 6.92 Å². The van der Waals surface area contributed by atoms with Gasteiger partial charge in [-0.05, 0) is 34.5 Å². The van der Waals surface area contributed by atoms with Crippen molar-refractivity contribution in [2.24, 2.45) is 0 Å². The van der Waals surface area contributed by atoms with Crippen molar-refractivity contribution in [2.45, 2.75) is 6.92 Å². The van der Waals surface area contributed by atoms with Crippen molar-refractivity contribution < 1.29 is 9.47 Å². The number of halogens is 1. The minimum atomic E-state index is 0.454. The van der Waals surface area contributed by atoms with Gasteiger partial charge >= 0.3 is 0 Å². The number of hydrogen-bond acceptors (Lipinski definition) is 3. The fraction of sp³-hybridized carbons (Fsp3) is 0.300. The van der Waals surface area contributed by atoms with Crippen molar-refractivity contribution in [3.05, 3.63) is 21.7 Å². The van der Waals surface area contributed by atoms with Gasteiger partial charge in [-0.3, -0.25) is 0 Å². The van der Waals surface area contributed by atoms with E-state index < -0.39 is 0 Å². The first-order chi connectivity index (χ1) is 6.65. The quantitative estimate of drug-likeness (QED) is 0.816. The minimum Gasteiger partial charge on any atom is -0.495 e. The van der Waals surface area contributed by atoms with E-state index in [1.165, 1.54) is 7.11 Å². The Labute approximate surface area is 91.4 Å². The van der Waals surface area contributed by atoms with E-state index in [2.05, 4.69) is 22.0 Å². The summed E-state index contributed by atoms with van der Waals surface area (Å²) in [5, 5.41) is 8.93. The highest BCUT2D eigenvalue weighted by Crippen LogP contribution is 2.37. The highest BCUT2D eigenvalue weighted by Gasteiger charge is 2.14. The molecule has 4 heteroatoms. The molecule has 1 rings (SSSR count). The molecule has 0 N–H and O–H groups in total. The Morgan fingerprint density at radius 1 is 1.36 bits per heavy atom. The molecule has 0 unspecified atom stereocenters. The number of aryl methyl sites for hydroxylation is 1. The molecule has 14 heavy (non-hydrogen) atoms. The highest BCUT2D eigenvalue weighted by molar-refractivity contribution is 9.10. The number of hydrogen-bond donors (Lipinski definition) is 0. The van der Waals surface area contributed by atoms with Crippen LogP contribution in [-0.2, 0) is 0 Å². The van der Waals surface area contributed by atoms with Crippen molar-refractivity contribution in [3.8, 4) is 17.6 Å². The number of benzene rings is 1. The lowest BCUT2D eigenvalue weighted by Crippen LogP contribution is -1.95. The Hall–Kier alpha value is -1.21. The van der Waals surface area contributed by atoms with Crippen LogP contribution in [0.1, 0.15) is 11.1 Å². The van der Waals surface area contributed by atoms with E-state index in [9.17, 15) is 0 Å². The van der Waals surface area contributed by atoms with E-state index in [0.29, 0.717) is 21.5 Å². The monoisotopic (exact) mass is 255 g/mol. The van der Waals surface area contributed by atoms with Crippen LogP contribution >= 0.6 is 15.9 Å². The van der Waals surface area contributed by atoms with Gasteiger partial charge in [0.2, 0.25) is 0 Å². The lowest BCUT2D eigenvalue weighted by molar-refractivity contribution is 0.397. The first-order valence-corrected chi connectivity index (χ1v) is 4.76. The molecule has 0 radical (unpaired) electrons. The van der Waals surface area contributed by atoms with Gasteiger partial charge in [0, 0.05) is 0 Å². The van der Waals surface area contributed by atoms with Crippen molar-refractivity contribution in [1.29, 1.82) is 5.26 Å². The normalized spacial score (nSPS) is 9.36. The molecule has 0 spiro atoms. The smallest absolute Gasteiger partial charge is 0.138 e. The molecule has 0 fully saturated rings. The molecule has 0 saturated heterocycles. The predicted octanol–water partition coefficient (Wildman–Crippen LogP) is 2.65. The van der Waals surface area contributed by atoms with Crippen LogP contribution < -0.4 is 9.47 Å². The summed E-state index contributed by atoms with van der Waals surface area (Å²) in [6.45, 7) is 1.90. The van der Waals surface area contributed by atoms with Crippen LogP contribution in [0.2, 0.25) is 0 Å². The van der Waals surface area contributed by atoms with Crippen LogP contribution in [0, 0.1) is 18.3 Å². The van der Waals surface area contributed by atoms with Crippen LogP contribution in [0.5, 0.6) is 11.5 Å². The molecule has 0 bridgehead atoms. The number of nitriles is 1. The third-order valence-corrected chi connectivity index (χ3v) is 2.66. The third-order valence-electron chi connectivity index (χ3n) is 1.91. The Kier molecular flexibility index (Phi) is 3.37. The van der Waals surface area contributed by atoms with Crippen molar-refractivity contribution in [1.82, 2.24) is 0 Å². The summed E-state index contributed by atoms with van der Waals surface area (Å²) in [5.41, 5.74) is 1.38. The van der Waals surface area contributed by atoms with E-state index in [4.69, 9.17) is 14.7 Å². The minimum absolute atomic E-state index is 0.454. The molecule has 0 aliphatic heterocycles. The van der Waals surface area contributed by atoms with Gasteiger partial charge in [-0.2, -0.15) is 5.26 Å². The summed E-state index contributed by atoms with van der Waals surface area (Å²) in [7, 11) is 3.11. The third kappa shape index (κ3) is 1.68. The molecule has 1 aromatic carbocycles. The molecule has 0 atom stereocenters. The second-order valence-corrected chi connectivity index (χ2v) is 3.52. The summed E-state index contributed by atoms with van der Waals surface area (Å²) in [6, 6.07) is 3.84. The molecule has 0 aliphatic rings. The van der Waals surface area contributed by atoms with Gasteiger partial charge in [0.25, 0.3) is 0 Å². The fourth-order valence-corrected chi connectivity index (χ4v) is 2.00. The zero-order valence-corrected chi connectivity index (χ0v) is 9.81. The number of nitrogens with zero attached hydrogens (tertiary/aromatic N) is 1. The molecule has 1 aromatic rings. The van der Waals surface area contributed by atoms with E-state index >= 15 is 0 Å². The van der Waals surface area contributed by atoms with E-state index in [-0.39, 0.29) is 0 Å². The fourth-order valence-electron chi connectivity index (χ4n) is 1.24. The molecular formula is C10H10BrNO2. The average Bonchev–Trinajstić information content (AvgIpc) is 2.17. The van der Waals surface area contributed by atoms with Crippen LogP contribution in [0.25, 0.3) is 0 Å². The first-order valence-electron chi connectivity index (χ1n) is 3.96. The maximum absolute atomic E-state index is 8.93. The summed E-state index contributed by atoms with van der Waals surface area (Å²) in [5.74, 6) is 1.22. The largest absolute Gasteiger partial charge is 0.495 e. The van der Waals surface area contributed by atoms with Crippen LogP contribution in [0.4, 0.5) is 0 Å². The molecule has 0 aliphatic carbocycles. The van der Waals surface area contributed by atoms with Gasteiger partial charge in [-0.1, -0.05) is 0 Å². The molecule has 0 aromatic heterocycles. The van der Waals surface area contributed by atoms with Gasteiger partial charge in [0.1, 0.15) is 23.1 Å². The summed E-state index contributed by atoms with van der Waals surface area (Å²) in [6.07, 6.45) is 0. The Morgan fingerprint density at radius 2 is 2.00 bits per heavy atom. The van der Waals surface area contributed by atoms with Crippen LogP contribution in [0.3, 0.4) is 0 Å². The molecular weight excluding hydrogens is 246 g/mol. The summed E-state index contributed by atoms with van der Waals surface area (Å²) in [4.78, 5) is 0. The maximum atomic E-state index is 8.93. The average molecular weight is 256 g/mol. The summed E-state index contributed by atoms with van der Waals surface area (Å²) < 4.78 is 10.9. The molecule has 0 amide bonds. The molecule has 0 saturated carbocycles. The second kappa shape index (κ2) is 4.34. The van der Waals surface area contributed by atoms with Gasteiger partial charge in [-0.25, -0.2) is 0 Å². The van der Waals surface area contributed by atoms with Crippen LogP contribution in [0.15, 0.2) is 10.5 Å². The number of ether oxygens (including phenoxy) is 2. The lowest BCUT2D eigenvalue weighted by atomic mass is 10.1. The van der Waals surface area contributed by atoms with Gasteiger partial charge < -0.3 is 9.47 Å². The predicted molar refractivity (Wildman–Crippen MR) is 56.7 cm³/mol. The highest BCUT2D eigenvalue weighted by atomic mass is 79.9. The second-order valence-electron chi connectivity index (χ2n) is 2.73. The Balaban J connectivity index is 3.49. The maximum Gasteiger partial charge on any atom is 0.138 e. The van der Waals surface area contributed by atoms with Crippen LogP contribution in [-0.4, -0.2) is 14.2 Å². The zero-order chi connectivity index (χ0) is 10.7. The van der Waals surface area contributed by atoms with E-state index in [0.717, 1.165) is 5.56 Å². The van der Waals surface area contributed by atoms with Crippen molar-refractivity contribution in [2.75, 3.05) is 14.2 Å². The van der Waals surface area contributed by atoms with Gasteiger partial charge in [0.05, 0.1) is 18.7 Å². The Bertz CT molecular complexity index is 396. The zero-order valence-electron chi connectivity index (χ0n) is 8.22. The SMILES string of the molecule is COc1cc(C)c(OC)c(Br)c1C#N. The van der Waals surface area contributed by atoms with E-state index in [1.54, 1.807) is 13.2 Å². The molecule has 0 heterocycles. The van der Waals surface area contributed by atoms with Crippen molar-refractivity contribution in [3.63, 3.8) is 0 Å². The first kappa shape index (κ1) is 10.9. The standard InChI is InChI=1S/C10H10BrNO2/c1-6-4-8(13-2)7(5-12)9(11)10(6)14-3/h4H,1-3H3. The number of rotatable bonds is 2. The summed E-state index contributed by atoms with van der Waals surface area (Å²) >= 11 is 3.32. The Morgan fingerprint density at radius 3 is 2.43 bits per heavy atom. The molecule has 74 valence electrons. The van der Waals surface area contributed by atoms with Gasteiger partial charge in [0.15, 0.2) is 0 Å².